The lowest BCUT2D eigenvalue weighted by Gasteiger charge is -2.09. The lowest BCUT2D eigenvalue weighted by Crippen LogP contribution is -2.11. The summed E-state index contributed by atoms with van der Waals surface area (Å²) in [4.78, 5) is 4.28. The van der Waals surface area contributed by atoms with E-state index in [4.69, 9.17) is 22.1 Å². The predicted molar refractivity (Wildman–Crippen MR) is 74.8 cm³/mol. The van der Waals surface area contributed by atoms with Gasteiger partial charge in [-0.3, -0.25) is 0 Å². The van der Waals surface area contributed by atoms with E-state index in [2.05, 4.69) is 18.8 Å². The van der Waals surface area contributed by atoms with Gasteiger partial charge in [0.15, 0.2) is 0 Å². The van der Waals surface area contributed by atoms with Crippen LogP contribution in [0.5, 0.6) is 0 Å². The van der Waals surface area contributed by atoms with Gasteiger partial charge in [0.2, 0.25) is 5.95 Å². The molecule has 5 heteroatoms. The van der Waals surface area contributed by atoms with Crippen molar-refractivity contribution in [3.63, 3.8) is 0 Å². The minimum absolute atomic E-state index is 0.478. The molecule has 2 N–H and O–H groups in total. The van der Waals surface area contributed by atoms with Gasteiger partial charge in [-0.15, -0.1) is 0 Å². The zero-order valence-electron chi connectivity index (χ0n) is 10.7. The number of hydrogen-bond acceptors (Lipinski definition) is 3. The molecule has 0 aliphatic heterocycles. The number of nitrogens with zero attached hydrogens (tertiary/aromatic N) is 2. The van der Waals surface area contributed by atoms with Gasteiger partial charge in [-0.2, -0.15) is 0 Å². The first-order valence-electron chi connectivity index (χ1n) is 6.07. The Morgan fingerprint density at radius 3 is 2.94 bits per heavy atom. The van der Waals surface area contributed by atoms with Gasteiger partial charge in [0, 0.05) is 13.2 Å². The summed E-state index contributed by atoms with van der Waals surface area (Å²) in [5, 5.41) is 0.626. The van der Waals surface area contributed by atoms with Gasteiger partial charge in [0.05, 0.1) is 17.1 Å². The molecule has 0 saturated carbocycles. The van der Waals surface area contributed by atoms with Crippen LogP contribution in [0.15, 0.2) is 18.2 Å². The van der Waals surface area contributed by atoms with Crippen molar-refractivity contribution < 1.29 is 4.74 Å². The second kappa shape index (κ2) is 5.59. The molecule has 4 nitrogen and oxygen atoms in total. The first-order valence-corrected chi connectivity index (χ1v) is 6.45. The number of hydrogen-bond donors (Lipinski definition) is 1. The van der Waals surface area contributed by atoms with Crippen LogP contribution in [0.2, 0.25) is 5.02 Å². The van der Waals surface area contributed by atoms with E-state index in [1.807, 2.05) is 22.8 Å². The minimum Gasteiger partial charge on any atom is -0.379 e. The normalized spacial score (nSPS) is 11.6. The average Bonchev–Trinajstić information content (AvgIpc) is 2.63. The smallest absolute Gasteiger partial charge is 0.201 e. The number of ether oxygens (including phenoxy) is 1. The van der Waals surface area contributed by atoms with Crippen LogP contribution < -0.4 is 5.73 Å². The maximum Gasteiger partial charge on any atom is 0.201 e. The molecule has 0 spiro atoms. The molecule has 2 rings (SSSR count). The molecule has 0 aliphatic carbocycles. The van der Waals surface area contributed by atoms with Gasteiger partial charge in [0.25, 0.3) is 0 Å². The number of nitrogens with two attached hydrogens (primary N) is 1. The number of benzene rings is 1. The highest BCUT2D eigenvalue weighted by Crippen LogP contribution is 2.24. The van der Waals surface area contributed by atoms with Gasteiger partial charge in [-0.25, -0.2) is 4.98 Å². The Hall–Kier alpha value is -1.26. The summed E-state index contributed by atoms with van der Waals surface area (Å²) in [6.45, 7) is 6.32. The van der Waals surface area contributed by atoms with E-state index < -0.39 is 0 Å². The molecule has 18 heavy (non-hydrogen) atoms. The van der Waals surface area contributed by atoms with Crippen LogP contribution in [-0.4, -0.2) is 22.8 Å². The third kappa shape index (κ3) is 2.76. The number of aromatic nitrogens is 2. The Kier molecular flexibility index (Phi) is 4.09. The maximum absolute atomic E-state index is 6.08. The lowest BCUT2D eigenvalue weighted by molar-refractivity contribution is 0.104. The Bertz CT molecular complexity index is 536. The third-order valence-corrected chi connectivity index (χ3v) is 2.97. The average molecular weight is 268 g/mol. The topological polar surface area (TPSA) is 53.1 Å². The second-order valence-electron chi connectivity index (χ2n) is 4.70. The van der Waals surface area contributed by atoms with Crippen LogP contribution in [0, 0.1) is 5.92 Å². The molecule has 1 heterocycles. The largest absolute Gasteiger partial charge is 0.379 e. The van der Waals surface area contributed by atoms with Crippen molar-refractivity contribution in [1.82, 2.24) is 9.55 Å². The van der Waals surface area contributed by atoms with Crippen LogP contribution in [0.25, 0.3) is 11.0 Å². The third-order valence-electron chi connectivity index (χ3n) is 2.67. The van der Waals surface area contributed by atoms with E-state index >= 15 is 0 Å². The molecule has 0 aliphatic rings. The molecule has 0 radical (unpaired) electrons. The first kappa shape index (κ1) is 13.2. The molecule has 0 atom stereocenters. The van der Waals surface area contributed by atoms with Crippen LogP contribution >= 0.6 is 11.6 Å². The Morgan fingerprint density at radius 1 is 1.44 bits per heavy atom. The molecular formula is C13H18ClN3O. The van der Waals surface area contributed by atoms with E-state index in [-0.39, 0.29) is 0 Å². The van der Waals surface area contributed by atoms with Gasteiger partial charge in [-0.05, 0) is 18.1 Å². The number of rotatable bonds is 5. The zero-order valence-corrected chi connectivity index (χ0v) is 11.4. The zero-order chi connectivity index (χ0) is 13.1. The monoisotopic (exact) mass is 267 g/mol. The minimum atomic E-state index is 0.478. The summed E-state index contributed by atoms with van der Waals surface area (Å²) in [5.74, 6) is 1.02. The Labute approximate surface area is 112 Å². The highest BCUT2D eigenvalue weighted by Gasteiger charge is 2.10. The van der Waals surface area contributed by atoms with E-state index in [1.54, 1.807) is 0 Å². The number of nitrogen functional groups attached to an aromatic ring is 1. The fourth-order valence-electron chi connectivity index (χ4n) is 1.84. The SMILES string of the molecule is CC(C)COCCn1c(N)nc2c(Cl)cccc21. The standard InChI is InChI=1S/C13H18ClN3O/c1-9(2)8-18-7-6-17-11-5-3-4-10(14)12(11)16-13(17)15/h3-5,9H,6-8H2,1-2H3,(H2,15,16). The van der Waals surface area contributed by atoms with Gasteiger partial charge < -0.3 is 15.0 Å². The molecular weight excluding hydrogens is 250 g/mol. The predicted octanol–water partition coefficient (Wildman–Crippen LogP) is 2.94. The first-order chi connectivity index (χ1) is 8.59. The highest BCUT2D eigenvalue weighted by atomic mass is 35.5. The van der Waals surface area contributed by atoms with Crippen molar-refractivity contribution in [3.8, 4) is 0 Å². The van der Waals surface area contributed by atoms with Crippen LogP contribution in [0.3, 0.4) is 0 Å². The van der Waals surface area contributed by atoms with Crippen molar-refractivity contribution in [3.05, 3.63) is 23.2 Å². The number of para-hydroxylation sites is 1. The molecule has 0 unspecified atom stereocenters. The van der Waals surface area contributed by atoms with E-state index in [0.29, 0.717) is 30.0 Å². The fraction of sp³-hybridized carbons (Fsp3) is 0.462. The molecule has 0 fully saturated rings. The van der Waals surface area contributed by atoms with Crippen molar-refractivity contribution in [1.29, 1.82) is 0 Å². The fourth-order valence-corrected chi connectivity index (χ4v) is 2.05. The number of imidazole rings is 1. The van der Waals surface area contributed by atoms with Crippen LogP contribution in [0.4, 0.5) is 5.95 Å². The van der Waals surface area contributed by atoms with Crippen LogP contribution in [0.1, 0.15) is 13.8 Å². The van der Waals surface area contributed by atoms with E-state index in [0.717, 1.165) is 17.6 Å². The quantitative estimate of drug-likeness (QED) is 0.848. The molecule has 98 valence electrons. The summed E-state index contributed by atoms with van der Waals surface area (Å²) < 4.78 is 7.50. The molecule has 1 aromatic carbocycles. The van der Waals surface area contributed by atoms with E-state index in [1.165, 1.54) is 0 Å². The number of anilines is 1. The maximum atomic E-state index is 6.08. The molecule has 0 saturated heterocycles. The second-order valence-corrected chi connectivity index (χ2v) is 5.11. The van der Waals surface area contributed by atoms with Crippen molar-refractivity contribution >= 4 is 28.6 Å². The Morgan fingerprint density at radius 2 is 2.22 bits per heavy atom. The van der Waals surface area contributed by atoms with Crippen LogP contribution in [-0.2, 0) is 11.3 Å². The molecule has 1 aromatic heterocycles. The van der Waals surface area contributed by atoms with E-state index in [9.17, 15) is 0 Å². The van der Waals surface area contributed by atoms with Gasteiger partial charge in [-0.1, -0.05) is 31.5 Å². The van der Waals surface area contributed by atoms with Crippen molar-refractivity contribution in [2.45, 2.75) is 20.4 Å². The number of fused-ring (bicyclic) bond motifs is 1. The summed E-state index contributed by atoms with van der Waals surface area (Å²) >= 11 is 6.08. The summed E-state index contributed by atoms with van der Waals surface area (Å²) in [6, 6.07) is 5.68. The Balaban J connectivity index is 2.13. The highest BCUT2D eigenvalue weighted by molar-refractivity contribution is 6.35. The van der Waals surface area contributed by atoms with Gasteiger partial charge in [0.1, 0.15) is 5.52 Å². The summed E-state index contributed by atoms with van der Waals surface area (Å²) in [5.41, 5.74) is 7.60. The summed E-state index contributed by atoms with van der Waals surface area (Å²) in [6.07, 6.45) is 0. The molecule has 2 aromatic rings. The lowest BCUT2D eigenvalue weighted by atomic mass is 10.2. The molecule has 0 amide bonds. The van der Waals surface area contributed by atoms with Gasteiger partial charge >= 0.3 is 0 Å². The van der Waals surface area contributed by atoms with Crippen molar-refractivity contribution in [2.24, 2.45) is 5.92 Å². The van der Waals surface area contributed by atoms with Crippen molar-refractivity contribution in [2.75, 3.05) is 18.9 Å². The number of halogens is 1. The summed E-state index contributed by atoms with van der Waals surface area (Å²) in [7, 11) is 0. The molecule has 0 bridgehead atoms.